The summed E-state index contributed by atoms with van der Waals surface area (Å²) in [6, 6.07) is 141. The van der Waals surface area contributed by atoms with Gasteiger partial charge in [-0.15, -0.1) is 0 Å². The van der Waals surface area contributed by atoms with Gasteiger partial charge in [0.05, 0.1) is 16.7 Å². The Balaban J connectivity index is 0.840. The third-order valence-electron chi connectivity index (χ3n) is 23.7. The maximum absolute atomic E-state index is 5.51. The molecule has 0 radical (unpaired) electrons. The van der Waals surface area contributed by atoms with Crippen LogP contribution in [0, 0.1) is 0 Å². The quantitative estimate of drug-likeness (QED) is 0.0995. The minimum Gasteiger partial charge on any atom is -0.311 e. The van der Waals surface area contributed by atoms with Crippen molar-refractivity contribution in [3.63, 3.8) is 0 Å². The van der Waals surface area contributed by atoms with Crippen LogP contribution < -0.4 is 26.2 Å². The highest BCUT2D eigenvalue weighted by molar-refractivity contribution is 7.00. The molecule has 10 heteroatoms. The molecule has 0 atom stereocenters. The summed E-state index contributed by atoms with van der Waals surface area (Å²) in [7, 11) is 0. The van der Waals surface area contributed by atoms with E-state index in [1.54, 1.807) is 0 Å². The molecule has 0 N–H and O–H groups in total. The molecule has 0 spiro atoms. The molecule has 0 amide bonds. The Kier molecular flexibility index (Phi) is 17.9. The van der Waals surface area contributed by atoms with Gasteiger partial charge in [0.15, 0.2) is 34.9 Å². The molecule has 0 saturated heterocycles. The van der Waals surface area contributed by atoms with Crippen molar-refractivity contribution in [1.29, 1.82) is 0 Å². The summed E-state index contributed by atoms with van der Waals surface area (Å²) < 4.78 is 2.39. The SMILES string of the molecule is CC(C)(C)c1ccc2c(c1)B1c3cc(C(C)(C)C)ccc3N(c3cc(-c4ccccc4)cc(-c4ccccc4)c3)c3cc(-c4ccc5c(c4)c4ccccc4n5-c4ccc(-c5nc(-c6ccccc6)nc(-c6ccccc6)n5)cc4-c4nc(-c5ccccc5)nc(-c5ccccc5)n4)cc(c31)N2c1cc(-c2ccccc2)cc(-c2ccccc2)c1. The van der Waals surface area contributed by atoms with E-state index in [4.69, 9.17) is 29.9 Å². The highest BCUT2D eigenvalue weighted by Gasteiger charge is 2.45. The van der Waals surface area contributed by atoms with Crippen molar-refractivity contribution in [2.75, 3.05) is 9.80 Å². The van der Waals surface area contributed by atoms with Gasteiger partial charge in [-0.2, -0.15) is 0 Å². The third kappa shape index (κ3) is 13.3. The molecule has 2 aliphatic heterocycles. The van der Waals surface area contributed by atoms with Crippen LogP contribution >= 0.6 is 0 Å². The number of rotatable bonds is 14. The van der Waals surface area contributed by atoms with Crippen LogP contribution in [0.15, 0.2) is 388 Å². The molecule has 16 aromatic carbocycles. The molecule has 0 aliphatic carbocycles. The smallest absolute Gasteiger partial charge is 0.252 e. The number of aromatic nitrogens is 7. The summed E-state index contributed by atoms with van der Waals surface area (Å²) in [5.74, 6) is 3.21. The van der Waals surface area contributed by atoms with Gasteiger partial charge >= 0.3 is 0 Å². The Morgan fingerprint density at radius 3 is 0.917 bits per heavy atom. The minimum absolute atomic E-state index is 0.171. The maximum atomic E-state index is 5.51. The van der Waals surface area contributed by atoms with E-state index in [1.165, 1.54) is 27.5 Å². The fourth-order valence-electron chi connectivity index (χ4n) is 17.7. The topological polar surface area (TPSA) is 88.8 Å². The monoisotopic (exact) mass is 1540 g/mol. The number of nitrogens with zero attached hydrogens (tertiary/aromatic N) is 9. The molecule has 570 valence electrons. The van der Waals surface area contributed by atoms with Gasteiger partial charge in [0.25, 0.3) is 6.71 Å². The van der Waals surface area contributed by atoms with E-state index in [1.807, 2.05) is 97.1 Å². The van der Waals surface area contributed by atoms with Crippen LogP contribution in [-0.4, -0.2) is 41.2 Å². The van der Waals surface area contributed by atoms with E-state index in [0.29, 0.717) is 34.9 Å². The van der Waals surface area contributed by atoms with Gasteiger partial charge in [-0.25, -0.2) is 29.9 Å². The number of anilines is 6. The summed E-state index contributed by atoms with van der Waals surface area (Å²) in [4.78, 5) is 37.2. The van der Waals surface area contributed by atoms with Gasteiger partial charge in [0, 0.05) is 78.3 Å². The van der Waals surface area contributed by atoms with Gasteiger partial charge < -0.3 is 14.4 Å². The highest BCUT2D eigenvalue weighted by Crippen LogP contribution is 2.51. The zero-order chi connectivity index (χ0) is 80.7. The Morgan fingerprint density at radius 2 is 0.533 bits per heavy atom. The van der Waals surface area contributed by atoms with Crippen molar-refractivity contribution in [3.05, 3.63) is 399 Å². The largest absolute Gasteiger partial charge is 0.311 e. The lowest BCUT2D eigenvalue weighted by Crippen LogP contribution is -2.61. The van der Waals surface area contributed by atoms with Crippen LogP contribution in [0.3, 0.4) is 0 Å². The number of para-hydroxylation sites is 1. The van der Waals surface area contributed by atoms with Crippen LogP contribution in [0.2, 0.25) is 0 Å². The van der Waals surface area contributed by atoms with Crippen LogP contribution in [0.1, 0.15) is 52.7 Å². The lowest BCUT2D eigenvalue weighted by molar-refractivity contribution is 0.590. The van der Waals surface area contributed by atoms with Gasteiger partial charge in [-0.3, -0.25) is 0 Å². The highest BCUT2D eigenvalue weighted by atomic mass is 15.2. The molecule has 9 nitrogen and oxygen atoms in total. The second kappa shape index (κ2) is 29.6. The van der Waals surface area contributed by atoms with Crippen molar-refractivity contribution >= 4 is 79.0 Å². The zero-order valence-electron chi connectivity index (χ0n) is 67.6. The maximum Gasteiger partial charge on any atom is 0.252 e. The molecular formula is C110H82BN9. The molecule has 120 heavy (non-hydrogen) atoms. The molecule has 19 aromatic rings. The van der Waals surface area contributed by atoms with Crippen molar-refractivity contribution < 1.29 is 0 Å². The third-order valence-corrected chi connectivity index (χ3v) is 23.7. The van der Waals surface area contributed by atoms with E-state index in [-0.39, 0.29) is 17.5 Å². The predicted molar refractivity (Wildman–Crippen MR) is 499 cm³/mol. The fraction of sp³-hybridized carbons (Fsp3) is 0.0727. The van der Waals surface area contributed by atoms with Crippen molar-refractivity contribution in [3.8, 4) is 130 Å². The number of hydrogen-bond acceptors (Lipinski definition) is 8. The average Bonchev–Trinajstić information content (AvgIpc) is 0.770. The van der Waals surface area contributed by atoms with Gasteiger partial charge in [0.2, 0.25) is 0 Å². The summed E-state index contributed by atoms with van der Waals surface area (Å²) in [5.41, 5.74) is 31.6. The molecule has 0 bridgehead atoms. The summed E-state index contributed by atoms with van der Waals surface area (Å²) in [6.07, 6.45) is 0. The van der Waals surface area contributed by atoms with Crippen molar-refractivity contribution in [2.45, 2.75) is 52.4 Å². The van der Waals surface area contributed by atoms with Crippen molar-refractivity contribution in [2.24, 2.45) is 0 Å². The Bertz CT molecular complexity index is 6700. The molecule has 3 aromatic heterocycles. The number of fused-ring (bicyclic) bond motifs is 7. The first-order valence-corrected chi connectivity index (χ1v) is 41.2. The zero-order valence-corrected chi connectivity index (χ0v) is 67.6. The summed E-state index contributed by atoms with van der Waals surface area (Å²) in [6.45, 7) is 13.9. The minimum atomic E-state index is -0.192. The van der Waals surface area contributed by atoms with Crippen LogP contribution in [0.4, 0.5) is 34.1 Å². The van der Waals surface area contributed by atoms with Crippen molar-refractivity contribution in [1.82, 2.24) is 34.5 Å². The van der Waals surface area contributed by atoms with Gasteiger partial charge in [0.1, 0.15) is 0 Å². The van der Waals surface area contributed by atoms with Gasteiger partial charge in [-0.1, -0.05) is 333 Å². The molecule has 2 aliphatic rings. The van der Waals surface area contributed by atoms with E-state index in [2.05, 4.69) is 347 Å². The first-order chi connectivity index (χ1) is 58.7. The van der Waals surface area contributed by atoms with Crippen LogP contribution in [0.5, 0.6) is 0 Å². The van der Waals surface area contributed by atoms with E-state index in [9.17, 15) is 0 Å². The molecular weight excluding hydrogens is 1460 g/mol. The molecule has 21 rings (SSSR count). The molecule has 5 heterocycles. The van der Waals surface area contributed by atoms with Gasteiger partial charge in [-0.05, 0) is 191 Å². The van der Waals surface area contributed by atoms with E-state index < -0.39 is 0 Å². The summed E-state index contributed by atoms with van der Waals surface area (Å²) >= 11 is 0. The van der Waals surface area contributed by atoms with E-state index >= 15 is 0 Å². The predicted octanol–water partition coefficient (Wildman–Crippen LogP) is 26.2. The first kappa shape index (κ1) is 72.7. The second-order valence-corrected chi connectivity index (χ2v) is 33.5. The number of benzene rings is 16. The van der Waals surface area contributed by atoms with Crippen LogP contribution in [-0.2, 0) is 10.8 Å². The standard InChI is InChI=1S/C110H82BN9/c1-109(2,3)86-53-57-98-93(69-86)111-94-70-87(110(4,5)6)54-58-99(94)119(89-63-83(73-37-19-9-20-38-73)60-84(64-89)74-39-21-10-22-40-74)101-68-85(67-100(102(101)111)118(98)88-61-81(71-33-15-7-16-34-71)59-82(62-88)72-35-17-8-18-36-72)79-51-55-96-91(65-79)90-49-31-32-50-95(90)120(96)97-56-52-80(107-114-103(75-41-23-11-24-42-75)112-104(115-107)76-43-25-12-26-44-76)66-92(97)108-116-105(77-45-27-13-28-46-77)113-106(117-108)78-47-29-14-30-48-78/h7-70H,1-6H3. The lowest BCUT2D eigenvalue weighted by Gasteiger charge is -2.45. The second-order valence-electron chi connectivity index (χ2n) is 33.5. The summed E-state index contributed by atoms with van der Waals surface area (Å²) in [5, 5.41) is 2.16. The fourth-order valence-corrected chi connectivity index (χ4v) is 17.7. The normalized spacial score (nSPS) is 12.4. The molecule has 0 fully saturated rings. The van der Waals surface area contributed by atoms with Crippen LogP contribution in [0.25, 0.3) is 151 Å². The first-order valence-electron chi connectivity index (χ1n) is 41.2. The number of hydrogen-bond donors (Lipinski definition) is 0. The molecule has 0 saturated carbocycles. The Morgan fingerprint density at radius 1 is 0.217 bits per heavy atom. The lowest BCUT2D eigenvalue weighted by atomic mass is 9.33. The Hall–Kier alpha value is -15.0. The molecule has 0 unspecified atom stereocenters. The van der Waals surface area contributed by atoms with E-state index in [0.717, 1.165) is 151 Å². The Labute approximate surface area is 700 Å². The average molecular weight is 1540 g/mol.